The largest absolute Gasteiger partial charge is 0.390 e. The summed E-state index contributed by atoms with van der Waals surface area (Å²) in [6, 6.07) is -9.34. The average Bonchev–Trinajstić information content (AvgIpc) is 0.847. The minimum Gasteiger partial charge on any atom is -0.390 e. The second kappa shape index (κ2) is 38.0. The average molecular weight is 1270 g/mol. The van der Waals surface area contributed by atoms with E-state index in [0.29, 0.717) is 26.1 Å². The summed E-state index contributed by atoms with van der Waals surface area (Å²) in [6.45, 7) is 32.0. The second-order valence-corrected chi connectivity index (χ2v) is 28.7. The summed E-state index contributed by atoms with van der Waals surface area (Å²) in [5, 5.41) is 15.2. The third-order valence-electron chi connectivity index (χ3n) is 18.4. The Morgan fingerprint density at radius 2 is 0.911 bits per heavy atom. The number of hydrogen-bond acceptors (Lipinski definition) is 14. The van der Waals surface area contributed by atoms with Gasteiger partial charge < -0.3 is 54.4 Å². The first-order chi connectivity index (χ1) is 41.5. The lowest BCUT2D eigenvalue weighted by Crippen LogP contribution is -2.62. The third kappa shape index (κ3) is 23.3. The molecule has 1 saturated heterocycles. The molecule has 0 aromatic rings. The van der Waals surface area contributed by atoms with Crippen LogP contribution < -0.4 is 5.32 Å². The molecule has 1 rings (SSSR count). The van der Waals surface area contributed by atoms with Crippen molar-refractivity contribution in [3.8, 4) is 0 Å². The Balaban J connectivity index is 4.40. The van der Waals surface area contributed by atoms with Crippen LogP contribution in [0.2, 0.25) is 0 Å². The van der Waals surface area contributed by atoms with E-state index in [1.54, 1.807) is 41.7 Å². The Morgan fingerprint density at radius 3 is 1.36 bits per heavy atom. The predicted molar refractivity (Wildman–Crippen MR) is 351 cm³/mol. The Hall–Kier alpha value is -5.35. The molecule has 13 atom stereocenters. The molecule has 90 heavy (non-hydrogen) atoms. The van der Waals surface area contributed by atoms with Gasteiger partial charge in [-0.3, -0.25) is 52.7 Å². The molecule has 1 aliphatic rings. The summed E-state index contributed by atoms with van der Waals surface area (Å²) < 4.78 is 5.27. The number of carbonyl (C=O) groups excluding carboxylic acids is 11. The normalized spacial score (nSPS) is 27.2. The smallest absolute Gasteiger partial charge is 0.246 e. The first-order valence-electron chi connectivity index (χ1n) is 33.1. The van der Waals surface area contributed by atoms with Gasteiger partial charge in [-0.25, -0.2) is 0 Å². The van der Waals surface area contributed by atoms with Gasteiger partial charge in [0.1, 0.15) is 36.3 Å². The van der Waals surface area contributed by atoms with Crippen LogP contribution in [0.1, 0.15) is 175 Å². The maximum absolute atomic E-state index is 15.4. The number of nitrogens with one attached hydrogen (secondary N) is 1. The molecule has 0 aromatic heterocycles. The summed E-state index contributed by atoms with van der Waals surface area (Å²) in [4.78, 5) is 174. The van der Waals surface area contributed by atoms with Gasteiger partial charge in [-0.15, -0.1) is 0 Å². The fourth-order valence-corrected chi connectivity index (χ4v) is 12.2. The van der Waals surface area contributed by atoms with Gasteiger partial charge in [0.2, 0.25) is 47.3 Å². The van der Waals surface area contributed by atoms with Crippen molar-refractivity contribution in [3.63, 3.8) is 0 Å². The lowest BCUT2D eigenvalue weighted by Gasteiger charge is -2.42. The quantitative estimate of drug-likeness (QED) is 0.152. The van der Waals surface area contributed by atoms with Crippen LogP contribution >= 0.6 is 0 Å². The van der Waals surface area contributed by atoms with E-state index in [0.717, 1.165) is 0 Å². The third-order valence-corrected chi connectivity index (χ3v) is 18.4. The number of aliphatic hydroxyl groups is 1. The van der Waals surface area contributed by atoms with Crippen molar-refractivity contribution in [3.05, 3.63) is 0 Å². The van der Waals surface area contributed by atoms with E-state index in [9.17, 15) is 38.7 Å². The molecule has 518 valence electrons. The highest BCUT2D eigenvalue weighted by molar-refractivity contribution is 6.00. The van der Waals surface area contributed by atoms with Crippen LogP contribution in [0.4, 0.5) is 0 Å². The molecular weight excluding hydrogens is 1150 g/mol. The summed E-state index contributed by atoms with van der Waals surface area (Å²) in [7, 11) is 13.8. The predicted octanol–water partition coefficient (Wildman–Crippen LogP) is 5.93. The Labute approximate surface area is 541 Å². The van der Waals surface area contributed by atoms with Crippen molar-refractivity contribution >= 4 is 64.6 Å². The number of Topliss-reactive ketones (excluding diaryl/α,β-unsaturated/α-hetero) is 3. The summed E-state index contributed by atoms with van der Waals surface area (Å²) in [5.74, 6) is -10.9. The number of ketones is 3. The number of likely N-dealkylation sites (N-methyl/N-ethyl adjacent to an activating group) is 8. The molecule has 8 amide bonds. The highest BCUT2D eigenvalue weighted by atomic mass is 16.5. The van der Waals surface area contributed by atoms with Gasteiger partial charge in [0.15, 0.2) is 17.3 Å². The topological polar surface area (TPSA) is 255 Å². The van der Waals surface area contributed by atoms with Crippen LogP contribution in [-0.2, 0) is 57.5 Å². The van der Waals surface area contributed by atoms with E-state index in [1.165, 1.54) is 97.5 Å². The fourth-order valence-electron chi connectivity index (χ4n) is 12.2. The van der Waals surface area contributed by atoms with Gasteiger partial charge in [-0.2, -0.15) is 0 Å². The van der Waals surface area contributed by atoms with Crippen molar-refractivity contribution in [2.45, 2.75) is 230 Å². The molecule has 1 fully saturated rings. The van der Waals surface area contributed by atoms with Crippen LogP contribution in [0.15, 0.2) is 0 Å². The lowest BCUT2D eigenvalue weighted by atomic mass is 9.84. The van der Waals surface area contributed by atoms with E-state index in [-0.39, 0.29) is 74.4 Å². The zero-order valence-electron chi connectivity index (χ0n) is 60.4. The van der Waals surface area contributed by atoms with E-state index in [4.69, 9.17) is 4.74 Å². The maximum atomic E-state index is 15.4. The Bertz CT molecular complexity index is 2400. The molecule has 0 bridgehead atoms. The van der Waals surface area contributed by atoms with Gasteiger partial charge in [-0.05, 0) is 107 Å². The SMILES string of the molecule is CC[C@H]1CC(=O)[C@@H]([C@H](O)[C@H](C)CCN(C)CCOC)N(C)C(=O)[C@@H](C(C)C)N(C)C(=O)[C@@H](CC(C)C)N(C)C(=O)[C@@H](CC(C)C)N(C)C(=O)[C@H](C)NC(=O)[C@@H](C)CC(=O)[C@@H](CC(C)C)N(C)C(=O)[C@@H](C(C)C)CC(=O)[C@H](CC(C)C)N(C)C(=O)[C@@H](C)N(C)C1=O. The summed E-state index contributed by atoms with van der Waals surface area (Å²) in [6.07, 6.45) is -1.10. The molecule has 2 N–H and O–H groups in total. The molecule has 22 heteroatoms. The molecule has 22 nitrogen and oxygen atoms in total. The van der Waals surface area contributed by atoms with Gasteiger partial charge in [0.25, 0.3) is 0 Å². The second-order valence-electron chi connectivity index (χ2n) is 28.7. The number of aliphatic hydroxyl groups excluding tert-OH is 1. The van der Waals surface area contributed by atoms with Crippen LogP contribution in [-0.4, -0.2) is 247 Å². The number of amides is 8. The van der Waals surface area contributed by atoms with Crippen molar-refractivity contribution in [1.29, 1.82) is 0 Å². The van der Waals surface area contributed by atoms with Crippen LogP contribution in [0, 0.1) is 59.2 Å². The highest BCUT2D eigenvalue weighted by Gasteiger charge is 2.46. The van der Waals surface area contributed by atoms with Crippen LogP contribution in [0.5, 0.6) is 0 Å². The van der Waals surface area contributed by atoms with Crippen molar-refractivity contribution in [2.75, 3.05) is 83.2 Å². The molecule has 1 aliphatic heterocycles. The van der Waals surface area contributed by atoms with Gasteiger partial charge in [0, 0.05) is 100 Å². The van der Waals surface area contributed by atoms with E-state index in [1.807, 2.05) is 81.2 Å². The Morgan fingerprint density at radius 1 is 0.489 bits per heavy atom. The van der Waals surface area contributed by atoms with Crippen molar-refractivity contribution in [2.24, 2.45) is 59.2 Å². The van der Waals surface area contributed by atoms with Crippen molar-refractivity contribution < 1.29 is 62.6 Å². The molecular formula is C68H123N9O13. The molecule has 0 saturated carbocycles. The first-order valence-corrected chi connectivity index (χ1v) is 33.1. The molecule has 0 aliphatic carbocycles. The monoisotopic (exact) mass is 1270 g/mol. The van der Waals surface area contributed by atoms with Crippen LogP contribution in [0.25, 0.3) is 0 Å². The van der Waals surface area contributed by atoms with Gasteiger partial charge in [-0.1, -0.05) is 104 Å². The van der Waals surface area contributed by atoms with E-state index >= 15 is 19.2 Å². The number of methoxy groups -OCH3 is 1. The highest BCUT2D eigenvalue weighted by Crippen LogP contribution is 2.30. The van der Waals surface area contributed by atoms with Crippen LogP contribution in [0.3, 0.4) is 0 Å². The number of carbonyl (C=O) groups is 11. The number of rotatable bonds is 19. The standard InChI is InChI=1S/C68H123N9O13/c1-27-49-37-57(80)59(60(81)45(14)28-29-70(18)30-31-90-26)77(25)68(89)58(44(12)13)76(24)67(88)54(35-42(8)9)75(23)66(87)53(34-41(6)7)74(22)62(83)47(16)69-61(82)46(15)36-55(78)51(32-39(2)3)73(21)65(86)50(43(10)11)38-56(79)52(33-40(4)5)72(20)63(84)48(17)71(19)64(49)85/h39-54,58-60,81H,27-38H2,1-26H3,(H,69,82)/t45-,46+,47+,48-,49+,50-,51-,52+,53-,54-,58-,59+,60-/m1/s1. The van der Waals surface area contributed by atoms with E-state index < -0.39 is 155 Å². The minimum absolute atomic E-state index is 0.0712. The number of nitrogens with zero attached hydrogens (tertiary/aromatic N) is 8. The number of ether oxygens (including phenoxy) is 1. The van der Waals surface area contributed by atoms with Gasteiger partial charge in [0.05, 0.1) is 24.8 Å². The maximum Gasteiger partial charge on any atom is 0.246 e. The zero-order valence-corrected chi connectivity index (χ0v) is 60.4. The molecule has 0 unspecified atom stereocenters. The van der Waals surface area contributed by atoms with E-state index in [2.05, 4.69) is 5.32 Å². The number of hydrogen-bond donors (Lipinski definition) is 2. The Kier molecular flexibility index (Phi) is 34.9. The first kappa shape index (κ1) is 82.7. The molecule has 0 aromatic carbocycles. The fraction of sp³-hybridized carbons (Fsp3) is 0.838. The zero-order chi connectivity index (χ0) is 69.8. The molecule has 0 spiro atoms. The minimum atomic E-state index is -1.51. The summed E-state index contributed by atoms with van der Waals surface area (Å²) in [5.41, 5.74) is 0. The molecule has 0 radical (unpaired) electrons. The summed E-state index contributed by atoms with van der Waals surface area (Å²) >= 11 is 0. The van der Waals surface area contributed by atoms with Crippen molar-refractivity contribution in [1.82, 2.24) is 44.5 Å². The van der Waals surface area contributed by atoms with Gasteiger partial charge >= 0.3 is 0 Å². The lowest BCUT2D eigenvalue weighted by molar-refractivity contribution is -0.157. The molecule has 1 heterocycles.